The zero-order valence-electron chi connectivity index (χ0n) is 16.5. The predicted molar refractivity (Wildman–Crippen MR) is 104 cm³/mol. The van der Waals surface area contributed by atoms with Gasteiger partial charge < -0.3 is 4.90 Å². The van der Waals surface area contributed by atoms with Gasteiger partial charge in [-0.15, -0.1) is 0 Å². The summed E-state index contributed by atoms with van der Waals surface area (Å²) < 4.78 is 1.75. The molecule has 3 heterocycles. The van der Waals surface area contributed by atoms with Gasteiger partial charge in [0.1, 0.15) is 0 Å². The summed E-state index contributed by atoms with van der Waals surface area (Å²) in [6.07, 6.45) is 3.77. The summed E-state index contributed by atoms with van der Waals surface area (Å²) in [4.78, 5) is 28.3. The van der Waals surface area contributed by atoms with Crippen molar-refractivity contribution in [2.45, 2.75) is 59.4 Å². The van der Waals surface area contributed by atoms with Crippen LogP contribution in [0.1, 0.15) is 50.7 Å². The summed E-state index contributed by atoms with van der Waals surface area (Å²) in [6, 6.07) is 3.68. The molecule has 3 rings (SSSR count). The van der Waals surface area contributed by atoms with Crippen molar-refractivity contribution in [1.82, 2.24) is 19.5 Å². The highest BCUT2D eigenvalue weighted by Gasteiger charge is 2.23. The second-order valence-corrected chi connectivity index (χ2v) is 8.40. The van der Waals surface area contributed by atoms with E-state index in [-0.39, 0.29) is 11.0 Å². The van der Waals surface area contributed by atoms with Crippen molar-refractivity contribution in [1.29, 1.82) is 0 Å². The first-order valence-corrected chi connectivity index (χ1v) is 9.36. The van der Waals surface area contributed by atoms with Gasteiger partial charge in [0.25, 0.3) is 5.56 Å². The average molecular weight is 355 g/mol. The van der Waals surface area contributed by atoms with E-state index < -0.39 is 0 Å². The molecule has 6 heteroatoms. The topological polar surface area (TPSA) is 63.9 Å². The van der Waals surface area contributed by atoms with E-state index in [0.717, 1.165) is 55.5 Å². The molecule has 1 aliphatic rings. The molecule has 140 valence electrons. The molecule has 0 aromatic carbocycles. The van der Waals surface area contributed by atoms with Gasteiger partial charge in [0.15, 0.2) is 0 Å². The Balaban J connectivity index is 1.63. The molecule has 0 amide bonds. The molecule has 0 radical (unpaired) electrons. The molecule has 0 bridgehead atoms. The Morgan fingerprint density at radius 3 is 2.23 bits per heavy atom. The van der Waals surface area contributed by atoms with E-state index in [2.05, 4.69) is 40.6 Å². The second-order valence-electron chi connectivity index (χ2n) is 8.40. The lowest BCUT2D eigenvalue weighted by atomic mass is 9.92. The van der Waals surface area contributed by atoms with E-state index in [1.165, 1.54) is 0 Å². The Hall–Kier alpha value is -2.24. The van der Waals surface area contributed by atoms with Crippen molar-refractivity contribution >= 4 is 5.95 Å². The van der Waals surface area contributed by atoms with Gasteiger partial charge in [0, 0.05) is 42.5 Å². The molecule has 2 aromatic heterocycles. The first-order chi connectivity index (χ1) is 12.2. The molecule has 1 saturated heterocycles. The number of aromatic nitrogens is 4. The maximum absolute atomic E-state index is 12.4. The molecule has 2 aromatic rings. The number of hydrogen-bond acceptors (Lipinski definition) is 5. The lowest BCUT2D eigenvalue weighted by Crippen LogP contribution is -2.37. The quantitative estimate of drug-likeness (QED) is 0.847. The van der Waals surface area contributed by atoms with Crippen molar-refractivity contribution in [3.05, 3.63) is 45.9 Å². The molecule has 1 aliphatic heterocycles. The van der Waals surface area contributed by atoms with Gasteiger partial charge in [0.2, 0.25) is 5.95 Å². The van der Waals surface area contributed by atoms with Gasteiger partial charge >= 0.3 is 0 Å². The van der Waals surface area contributed by atoms with E-state index in [1.54, 1.807) is 17.0 Å². The number of anilines is 1. The number of nitrogens with zero attached hydrogens (tertiary/aromatic N) is 5. The first-order valence-electron chi connectivity index (χ1n) is 9.36. The summed E-state index contributed by atoms with van der Waals surface area (Å²) >= 11 is 0. The number of hydrogen-bond donors (Lipinski definition) is 0. The lowest BCUT2D eigenvalue weighted by molar-refractivity contribution is 0.348. The second kappa shape index (κ2) is 7.17. The van der Waals surface area contributed by atoms with E-state index in [1.807, 2.05) is 19.9 Å². The Morgan fingerprint density at radius 2 is 1.69 bits per heavy atom. The highest BCUT2D eigenvalue weighted by Crippen LogP contribution is 2.23. The van der Waals surface area contributed by atoms with Gasteiger partial charge in [-0.2, -0.15) is 0 Å². The summed E-state index contributed by atoms with van der Waals surface area (Å²) in [6.45, 7) is 12.8. The Labute approximate surface area is 155 Å². The minimum atomic E-state index is -0.102. The van der Waals surface area contributed by atoms with E-state index in [4.69, 9.17) is 0 Å². The van der Waals surface area contributed by atoms with Crippen molar-refractivity contribution in [3.8, 4) is 0 Å². The van der Waals surface area contributed by atoms with Crippen molar-refractivity contribution in [3.63, 3.8) is 0 Å². The minimum absolute atomic E-state index is 0.0463. The van der Waals surface area contributed by atoms with Crippen LogP contribution in [0.5, 0.6) is 0 Å². The number of aryl methyl sites for hydroxylation is 2. The highest BCUT2D eigenvalue weighted by molar-refractivity contribution is 5.32. The first kappa shape index (κ1) is 18.5. The van der Waals surface area contributed by atoms with Crippen LogP contribution in [0.2, 0.25) is 0 Å². The summed E-state index contributed by atoms with van der Waals surface area (Å²) in [5, 5.41) is 0. The Kier molecular flexibility index (Phi) is 5.12. The van der Waals surface area contributed by atoms with Gasteiger partial charge in [-0.1, -0.05) is 20.8 Å². The molecule has 0 saturated carbocycles. The molecule has 0 unspecified atom stereocenters. The third-order valence-corrected chi connectivity index (χ3v) is 4.97. The SMILES string of the molecule is Cc1cc(C)nc(N2CCC(Cn3cnc(C(C)(C)C)cc3=O)CC2)n1. The Bertz CT molecular complexity index is 809. The maximum atomic E-state index is 12.4. The molecule has 1 fully saturated rings. The van der Waals surface area contributed by atoms with Crippen molar-refractivity contribution in [2.75, 3.05) is 18.0 Å². The fraction of sp³-hybridized carbons (Fsp3) is 0.600. The third kappa shape index (κ3) is 4.29. The van der Waals surface area contributed by atoms with E-state index >= 15 is 0 Å². The van der Waals surface area contributed by atoms with Crippen LogP contribution in [-0.4, -0.2) is 32.6 Å². The summed E-state index contributed by atoms with van der Waals surface area (Å²) in [5.41, 5.74) is 2.80. The molecule has 26 heavy (non-hydrogen) atoms. The molecular formula is C20H29N5O. The zero-order valence-corrected chi connectivity index (χ0v) is 16.5. The molecule has 6 nitrogen and oxygen atoms in total. The highest BCUT2D eigenvalue weighted by atomic mass is 16.1. The molecular weight excluding hydrogens is 326 g/mol. The maximum Gasteiger partial charge on any atom is 0.253 e. The Morgan fingerprint density at radius 1 is 1.08 bits per heavy atom. The molecule has 0 atom stereocenters. The van der Waals surface area contributed by atoms with Gasteiger partial charge in [-0.3, -0.25) is 9.36 Å². The van der Waals surface area contributed by atoms with Crippen LogP contribution in [-0.2, 0) is 12.0 Å². The van der Waals surface area contributed by atoms with Gasteiger partial charge in [-0.25, -0.2) is 15.0 Å². The monoisotopic (exact) mass is 355 g/mol. The van der Waals surface area contributed by atoms with Gasteiger partial charge in [0.05, 0.1) is 12.0 Å². The van der Waals surface area contributed by atoms with Crippen LogP contribution in [0.25, 0.3) is 0 Å². The molecule has 0 aliphatic carbocycles. The molecule has 0 N–H and O–H groups in total. The van der Waals surface area contributed by atoms with Crippen LogP contribution in [0.15, 0.2) is 23.3 Å². The average Bonchev–Trinajstić information content (AvgIpc) is 2.55. The zero-order chi connectivity index (χ0) is 18.9. The largest absolute Gasteiger partial charge is 0.341 e. The molecule has 0 spiro atoms. The fourth-order valence-electron chi connectivity index (χ4n) is 3.42. The van der Waals surface area contributed by atoms with Crippen LogP contribution in [0.4, 0.5) is 5.95 Å². The predicted octanol–water partition coefficient (Wildman–Crippen LogP) is 2.86. The van der Waals surface area contributed by atoms with E-state index in [0.29, 0.717) is 5.92 Å². The fourth-order valence-corrected chi connectivity index (χ4v) is 3.42. The lowest BCUT2D eigenvalue weighted by Gasteiger charge is -2.32. The van der Waals surface area contributed by atoms with Crippen molar-refractivity contribution in [2.24, 2.45) is 5.92 Å². The smallest absolute Gasteiger partial charge is 0.253 e. The van der Waals surface area contributed by atoms with Crippen LogP contribution < -0.4 is 10.5 Å². The number of piperidine rings is 1. The standard InChI is InChI=1S/C20H29N5O/c1-14-10-15(2)23-19(22-14)24-8-6-16(7-9-24)12-25-13-21-17(11-18(25)26)20(3,4)5/h10-11,13,16H,6-9,12H2,1-5H3. The van der Waals surface area contributed by atoms with Crippen molar-refractivity contribution < 1.29 is 0 Å². The minimum Gasteiger partial charge on any atom is -0.341 e. The summed E-state index contributed by atoms with van der Waals surface area (Å²) in [5.74, 6) is 1.31. The van der Waals surface area contributed by atoms with Gasteiger partial charge in [-0.05, 0) is 38.7 Å². The van der Waals surface area contributed by atoms with Crippen LogP contribution >= 0.6 is 0 Å². The third-order valence-electron chi connectivity index (χ3n) is 4.97. The van der Waals surface area contributed by atoms with E-state index in [9.17, 15) is 4.79 Å². The number of rotatable bonds is 3. The van der Waals surface area contributed by atoms with Crippen LogP contribution in [0, 0.1) is 19.8 Å². The normalized spacial score (nSPS) is 16.1. The van der Waals surface area contributed by atoms with Crippen LogP contribution in [0.3, 0.4) is 0 Å². The summed E-state index contributed by atoms with van der Waals surface area (Å²) in [7, 11) is 0.